The molecule has 2 fully saturated rings. The fourth-order valence-electron chi connectivity index (χ4n) is 4.15. The Bertz CT molecular complexity index is 1260. The van der Waals surface area contributed by atoms with E-state index in [9.17, 15) is 14.8 Å². The van der Waals surface area contributed by atoms with Gasteiger partial charge in [-0.25, -0.2) is 19.5 Å². The number of phosphoric acid groups is 1. The molecule has 6 atom stereocenters. The third-order valence-corrected chi connectivity index (χ3v) is 7.86. The van der Waals surface area contributed by atoms with Gasteiger partial charge in [0, 0.05) is 18.8 Å². The third-order valence-electron chi connectivity index (χ3n) is 5.95. The summed E-state index contributed by atoms with van der Waals surface area (Å²) in [6.45, 7) is 1.26. The van der Waals surface area contributed by atoms with Crippen molar-refractivity contribution in [2.75, 3.05) is 18.9 Å². The second-order valence-corrected chi connectivity index (χ2v) is 10.7. The summed E-state index contributed by atoms with van der Waals surface area (Å²) in [4.78, 5) is 12.2. The van der Waals surface area contributed by atoms with Crippen molar-refractivity contribution in [3.63, 3.8) is 0 Å². The summed E-state index contributed by atoms with van der Waals surface area (Å²) in [6.07, 6.45) is 1.11. The molecule has 5 rings (SSSR count). The Labute approximate surface area is 202 Å². The van der Waals surface area contributed by atoms with E-state index in [-0.39, 0.29) is 19.0 Å². The summed E-state index contributed by atoms with van der Waals surface area (Å²) >= 11 is 3.31. The molecule has 2 saturated heterocycles. The van der Waals surface area contributed by atoms with Gasteiger partial charge in [0.1, 0.15) is 40.2 Å². The van der Waals surface area contributed by atoms with Gasteiger partial charge < -0.3 is 25.3 Å². The maximum atomic E-state index is 13.1. The highest BCUT2D eigenvalue weighted by Crippen LogP contribution is 2.57. The number of aliphatic hydroxyl groups is 2. The third kappa shape index (κ3) is 4.27. The number of rotatable bonds is 5. The average molecular weight is 556 g/mol. The molecule has 0 aliphatic carbocycles. The predicted molar refractivity (Wildman–Crippen MR) is 122 cm³/mol. The van der Waals surface area contributed by atoms with Crippen molar-refractivity contribution >= 4 is 40.6 Å². The van der Waals surface area contributed by atoms with E-state index in [0.717, 1.165) is 5.56 Å². The monoisotopic (exact) mass is 555 g/mol. The van der Waals surface area contributed by atoms with E-state index < -0.39 is 38.0 Å². The molecule has 182 valence electrons. The van der Waals surface area contributed by atoms with Gasteiger partial charge in [-0.15, -0.1) is 0 Å². The van der Waals surface area contributed by atoms with Crippen LogP contribution in [0.4, 0.5) is 5.82 Å². The molecule has 2 aliphatic heterocycles. The fourth-order valence-corrected chi connectivity index (χ4v) is 5.92. The molecule has 0 spiro atoms. The number of nitrogens with zero attached hydrogens (tertiary/aromatic N) is 4. The summed E-state index contributed by atoms with van der Waals surface area (Å²) in [6, 6.07) is 5.22. The standard InChI is InChI=1S/C20H23BrN5O7P/c1-20(28)16(27)14(32-19(20)26-6-3-12-17(22)24-10-25-18(12)26)9-31-34(29)30-7-4-13(33-34)11-2-5-23-15(21)8-11/h2-3,5-6,8,10,13-14,16,19,27-28H,4,7,9H2,1H3,(H2,22,24,25)/t13-,14+,16+,19+,20+,34?/m0/s1. The number of anilines is 1. The van der Waals surface area contributed by atoms with Gasteiger partial charge >= 0.3 is 7.82 Å². The topological polar surface area (TPSA) is 164 Å². The van der Waals surface area contributed by atoms with Gasteiger partial charge in [0.05, 0.1) is 24.7 Å². The second kappa shape index (κ2) is 8.92. The van der Waals surface area contributed by atoms with Gasteiger partial charge in [0.2, 0.25) is 0 Å². The van der Waals surface area contributed by atoms with Crippen LogP contribution in [0.3, 0.4) is 0 Å². The van der Waals surface area contributed by atoms with Gasteiger partial charge in [0.15, 0.2) is 6.23 Å². The van der Waals surface area contributed by atoms with Crippen molar-refractivity contribution < 1.29 is 33.1 Å². The number of hydrogen-bond donors (Lipinski definition) is 3. The Morgan fingerprint density at radius 1 is 1.38 bits per heavy atom. The molecule has 14 heteroatoms. The van der Waals surface area contributed by atoms with Gasteiger partial charge in [-0.3, -0.25) is 13.6 Å². The highest BCUT2D eigenvalue weighted by Gasteiger charge is 2.54. The number of nitrogens with two attached hydrogens (primary N) is 1. The van der Waals surface area contributed by atoms with Crippen LogP contribution in [0.15, 0.2) is 41.5 Å². The van der Waals surface area contributed by atoms with E-state index in [1.807, 2.05) is 0 Å². The van der Waals surface area contributed by atoms with Crippen LogP contribution in [0.1, 0.15) is 31.2 Å². The number of aliphatic hydroxyl groups excluding tert-OH is 1. The number of phosphoric ester groups is 1. The highest BCUT2D eigenvalue weighted by atomic mass is 79.9. The van der Waals surface area contributed by atoms with E-state index in [2.05, 4.69) is 30.9 Å². The SMILES string of the molecule is C[C@@]1(O)[C@H](O)[C@@H](COP2(=O)OCC[C@@H](c3ccnc(Br)c3)O2)O[C@H]1n1ccc2c(N)ncnc21. The Balaban J connectivity index is 1.31. The van der Waals surface area contributed by atoms with Crippen LogP contribution in [-0.2, 0) is 22.9 Å². The Kier molecular flexibility index (Phi) is 6.23. The number of hydrogen-bond acceptors (Lipinski definition) is 11. The number of pyridine rings is 1. The van der Waals surface area contributed by atoms with Crippen molar-refractivity contribution in [2.24, 2.45) is 0 Å². The minimum Gasteiger partial charge on any atom is -0.387 e. The molecule has 3 aromatic heterocycles. The lowest BCUT2D eigenvalue weighted by Gasteiger charge is -2.30. The van der Waals surface area contributed by atoms with Crippen molar-refractivity contribution in [3.8, 4) is 0 Å². The van der Waals surface area contributed by atoms with Gasteiger partial charge in [-0.1, -0.05) is 0 Å². The largest absolute Gasteiger partial charge is 0.475 e. The molecule has 0 bridgehead atoms. The lowest BCUT2D eigenvalue weighted by molar-refractivity contribution is -0.0950. The molecule has 34 heavy (non-hydrogen) atoms. The van der Waals surface area contributed by atoms with Crippen molar-refractivity contribution in [3.05, 3.63) is 47.1 Å². The number of aromatic nitrogens is 4. The zero-order valence-electron chi connectivity index (χ0n) is 18.0. The maximum Gasteiger partial charge on any atom is 0.475 e. The van der Waals surface area contributed by atoms with E-state index in [1.165, 1.54) is 13.3 Å². The van der Waals surface area contributed by atoms with E-state index in [0.29, 0.717) is 22.1 Å². The van der Waals surface area contributed by atoms with Gasteiger partial charge in [-0.2, -0.15) is 0 Å². The minimum atomic E-state index is -3.95. The maximum absolute atomic E-state index is 13.1. The van der Waals surface area contributed by atoms with Crippen LogP contribution < -0.4 is 5.73 Å². The molecule has 12 nitrogen and oxygen atoms in total. The molecule has 4 N–H and O–H groups in total. The lowest BCUT2D eigenvalue weighted by atomic mass is 9.96. The zero-order chi connectivity index (χ0) is 24.1. The molecule has 2 aliphatic rings. The first kappa shape index (κ1) is 23.8. The number of fused-ring (bicyclic) bond motifs is 1. The van der Waals surface area contributed by atoms with Crippen molar-refractivity contribution in [1.29, 1.82) is 0 Å². The van der Waals surface area contributed by atoms with Crippen LogP contribution in [0.2, 0.25) is 0 Å². The molecule has 0 saturated carbocycles. The van der Waals surface area contributed by atoms with Crippen molar-refractivity contribution in [2.45, 2.75) is 43.5 Å². The van der Waals surface area contributed by atoms with Crippen LogP contribution in [0.25, 0.3) is 11.0 Å². The van der Waals surface area contributed by atoms with Crippen LogP contribution >= 0.6 is 23.8 Å². The number of nitrogen functional groups attached to an aromatic ring is 1. The Morgan fingerprint density at radius 2 is 2.21 bits per heavy atom. The molecule has 3 aromatic rings. The second-order valence-electron chi connectivity index (χ2n) is 8.29. The first-order valence-electron chi connectivity index (χ1n) is 10.5. The Morgan fingerprint density at radius 3 is 3.00 bits per heavy atom. The summed E-state index contributed by atoms with van der Waals surface area (Å²) in [5.41, 5.74) is 5.39. The fraction of sp³-hybridized carbons (Fsp3) is 0.450. The smallest absolute Gasteiger partial charge is 0.387 e. The number of halogens is 1. The van der Waals surface area contributed by atoms with Crippen molar-refractivity contribution in [1.82, 2.24) is 19.5 Å². The molecule has 5 heterocycles. The van der Waals surface area contributed by atoms with Crippen LogP contribution in [-0.4, -0.2) is 60.8 Å². The summed E-state index contributed by atoms with van der Waals surface area (Å²) in [7, 11) is -3.95. The highest BCUT2D eigenvalue weighted by molar-refractivity contribution is 9.10. The molecule has 0 aromatic carbocycles. The van der Waals surface area contributed by atoms with Gasteiger partial charge in [-0.05, 0) is 46.6 Å². The first-order valence-corrected chi connectivity index (χ1v) is 12.8. The molecule has 0 radical (unpaired) electrons. The zero-order valence-corrected chi connectivity index (χ0v) is 20.5. The molecular formula is C20H23BrN5O7P. The summed E-state index contributed by atoms with van der Waals surface area (Å²) in [5.74, 6) is 0.280. The predicted octanol–water partition coefficient (Wildman–Crippen LogP) is 2.48. The van der Waals surface area contributed by atoms with E-state index >= 15 is 0 Å². The van der Waals surface area contributed by atoms with Crippen LogP contribution in [0.5, 0.6) is 0 Å². The summed E-state index contributed by atoms with van der Waals surface area (Å²) in [5, 5.41) is 22.4. The Hall–Kier alpha value is -1.96. The average Bonchev–Trinajstić information content (AvgIpc) is 3.32. The van der Waals surface area contributed by atoms with E-state index in [1.54, 1.807) is 35.2 Å². The van der Waals surface area contributed by atoms with E-state index in [4.69, 9.17) is 24.0 Å². The first-order chi connectivity index (χ1) is 16.2. The molecule has 1 unspecified atom stereocenters. The lowest BCUT2D eigenvalue weighted by Crippen LogP contribution is -2.44. The molecule has 0 amide bonds. The number of ether oxygens (including phenoxy) is 1. The quantitative estimate of drug-likeness (QED) is 0.312. The summed E-state index contributed by atoms with van der Waals surface area (Å²) < 4.78 is 37.7. The van der Waals surface area contributed by atoms with Crippen LogP contribution in [0, 0.1) is 0 Å². The molecular weight excluding hydrogens is 533 g/mol. The van der Waals surface area contributed by atoms with Gasteiger partial charge in [0.25, 0.3) is 0 Å². The minimum absolute atomic E-state index is 0.160. The normalized spacial score (nSPS) is 34.0.